The lowest BCUT2D eigenvalue weighted by molar-refractivity contribution is 0.161. The van der Waals surface area contributed by atoms with E-state index in [9.17, 15) is 0 Å². The van der Waals surface area contributed by atoms with Crippen LogP contribution in [0, 0.1) is 11.8 Å². The summed E-state index contributed by atoms with van der Waals surface area (Å²) in [7, 11) is 0. The first-order valence-corrected chi connectivity index (χ1v) is 7.14. The summed E-state index contributed by atoms with van der Waals surface area (Å²) in [5.74, 6) is 1.74. The van der Waals surface area contributed by atoms with Crippen LogP contribution < -0.4 is 5.32 Å². The van der Waals surface area contributed by atoms with Gasteiger partial charge in [0.2, 0.25) is 0 Å². The maximum Gasteiger partial charge on any atom is 0.0243 e. The van der Waals surface area contributed by atoms with Crippen LogP contribution in [0.5, 0.6) is 0 Å². The molecule has 1 aliphatic heterocycles. The molecule has 2 nitrogen and oxygen atoms in total. The topological polar surface area (TPSA) is 15.3 Å². The first kappa shape index (κ1) is 12.4. The highest BCUT2D eigenvalue weighted by atomic mass is 15.2. The lowest BCUT2D eigenvalue weighted by Crippen LogP contribution is -2.49. The second kappa shape index (κ2) is 5.50. The molecule has 2 rings (SSSR count). The zero-order chi connectivity index (χ0) is 11.5. The maximum atomic E-state index is 3.77. The fourth-order valence-corrected chi connectivity index (χ4v) is 3.22. The molecular weight excluding hydrogens is 196 g/mol. The van der Waals surface area contributed by atoms with E-state index in [-0.39, 0.29) is 0 Å². The third kappa shape index (κ3) is 2.98. The van der Waals surface area contributed by atoms with Crippen molar-refractivity contribution in [3.8, 4) is 0 Å². The van der Waals surface area contributed by atoms with Gasteiger partial charge in [0.05, 0.1) is 0 Å². The van der Waals surface area contributed by atoms with Gasteiger partial charge in [0.1, 0.15) is 0 Å². The van der Waals surface area contributed by atoms with Gasteiger partial charge in [-0.05, 0) is 50.6 Å². The minimum atomic E-state index is 0.762. The largest absolute Gasteiger partial charge is 0.312 e. The second-order valence-electron chi connectivity index (χ2n) is 6.24. The van der Waals surface area contributed by atoms with Gasteiger partial charge in [0.25, 0.3) is 0 Å². The molecule has 0 aromatic rings. The highest BCUT2D eigenvalue weighted by Crippen LogP contribution is 2.26. The van der Waals surface area contributed by atoms with E-state index in [0.29, 0.717) is 0 Å². The first-order chi connectivity index (χ1) is 7.66. The van der Waals surface area contributed by atoms with Gasteiger partial charge in [0, 0.05) is 18.6 Å². The SMILES string of the molecule is CC1CC(NCC(C(C)C)N2CCCC2)C1. The summed E-state index contributed by atoms with van der Waals surface area (Å²) in [5, 5.41) is 3.77. The van der Waals surface area contributed by atoms with E-state index < -0.39 is 0 Å². The van der Waals surface area contributed by atoms with Crippen molar-refractivity contribution in [1.82, 2.24) is 10.2 Å². The summed E-state index contributed by atoms with van der Waals surface area (Å²) < 4.78 is 0. The van der Waals surface area contributed by atoms with Crippen molar-refractivity contribution in [2.45, 2.75) is 58.5 Å². The Morgan fingerprint density at radius 3 is 2.31 bits per heavy atom. The third-order valence-electron chi connectivity index (χ3n) is 4.37. The summed E-state index contributed by atoms with van der Waals surface area (Å²) >= 11 is 0. The first-order valence-electron chi connectivity index (χ1n) is 7.14. The fourth-order valence-electron chi connectivity index (χ4n) is 3.22. The zero-order valence-electron chi connectivity index (χ0n) is 11.2. The van der Waals surface area contributed by atoms with E-state index >= 15 is 0 Å². The highest BCUT2D eigenvalue weighted by molar-refractivity contribution is 4.86. The van der Waals surface area contributed by atoms with Crippen molar-refractivity contribution in [3.63, 3.8) is 0 Å². The minimum Gasteiger partial charge on any atom is -0.312 e. The number of nitrogens with zero attached hydrogens (tertiary/aromatic N) is 1. The molecule has 0 bridgehead atoms. The van der Waals surface area contributed by atoms with Gasteiger partial charge in [-0.25, -0.2) is 0 Å². The molecule has 1 saturated carbocycles. The van der Waals surface area contributed by atoms with Crippen LogP contribution >= 0.6 is 0 Å². The van der Waals surface area contributed by atoms with Crippen LogP contribution in [0.3, 0.4) is 0 Å². The van der Waals surface area contributed by atoms with Gasteiger partial charge in [-0.2, -0.15) is 0 Å². The van der Waals surface area contributed by atoms with Crippen LogP contribution in [0.1, 0.15) is 46.5 Å². The molecule has 1 atom stereocenters. The summed E-state index contributed by atoms with van der Waals surface area (Å²) in [6.07, 6.45) is 5.60. The second-order valence-corrected chi connectivity index (χ2v) is 6.24. The molecule has 16 heavy (non-hydrogen) atoms. The van der Waals surface area contributed by atoms with E-state index in [1.807, 2.05) is 0 Å². The smallest absolute Gasteiger partial charge is 0.0243 e. The average Bonchev–Trinajstić information content (AvgIpc) is 2.67. The van der Waals surface area contributed by atoms with Gasteiger partial charge in [-0.1, -0.05) is 20.8 Å². The van der Waals surface area contributed by atoms with Crippen molar-refractivity contribution in [1.29, 1.82) is 0 Å². The van der Waals surface area contributed by atoms with Crippen LogP contribution in [-0.4, -0.2) is 36.6 Å². The molecule has 94 valence electrons. The Kier molecular flexibility index (Phi) is 4.26. The van der Waals surface area contributed by atoms with Crippen molar-refractivity contribution in [2.24, 2.45) is 11.8 Å². The monoisotopic (exact) mass is 224 g/mol. The minimum absolute atomic E-state index is 0.762. The lowest BCUT2D eigenvalue weighted by atomic mass is 9.81. The van der Waals surface area contributed by atoms with Crippen molar-refractivity contribution in [2.75, 3.05) is 19.6 Å². The van der Waals surface area contributed by atoms with Crippen molar-refractivity contribution < 1.29 is 0 Å². The zero-order valence-corrected chi connectivity index (χ0v) is 11.2. The van der Waals surface area contributed by atoms with Crippen LogP contribution in [0.2, 0.25) is 0 Å². The van der Waals surface area contributed by atoms with Gasteiger partial charge in [0.15, 0.2) is 0 Å². The van der Waals surface area contributed by atoms with Gasteiger partial charge in [-0.3, -0.25) is 4.90 Å². The van der Waals surface area contributed by atoms with Crippen LogP contribution in [0.15, 0.2) is 0 Å². The van der Waals surface area contributed by atoms with Crippen LogP contribution in [0.25, 0.3) is 0 Å². The van der Waals surface area contributed by atoms with E-state index in [1.165, 1.54) is 45.3 Å². The number of hydrogen-bond donors (Lipinski definition) is 1. The molecule has 1 N–H and O–H groups in total. The number of rotatable bonds is 5. The Morgan fingerprint density at radius 2 is 1.81 bits per heavy atom. The quantitative estimate of drug-likeness (QED) is 0.772. The molecule has 0 radical (unpaired) electrons. The van der Waals surface area contributed by atoms with E-state index in [0.717, 1.165) is 23.9 Å². The number of likely N-dealkylation sites (tertiary alicyclic amines) is 1. The molecule has 0 amide bonds. The molecule has 1 unspecified atom stereocenters. The van der Waals surface area contributed by atoms with Gasteiger partial charge < -0.3 is 5.32 Å². The molecule has 2 heteroatoms. The number of nitrogens with one attached hydrogen (secondary N) is 1. The summed E-state index contributed by atoms with van der Waals surface area (Å²) in [4.78, 5) is 2.69. The van der Waals surface area contributed by atoms with Crippen molar-refractivity contribution >= 4 is 0 Å². The normalized spacial score (nSPS) is 33.0. The van der Waals surface area contributed by atoms with Gasteiger partial charge in [-0.15, -0.1) is 0 Å². The van der Waals surface area contributed by atoms with Crippen molar-refractivity contribution in [3.05, 3.63) is 0 Å². The molecular formula is C14H28N2. The predicted octanol–water partition coefficient (Wildman–Crippen LogP) is 2.49. The van der Waals surface area contributed by atoms with Crippen LogP contribution in [-0.2, 0) is 0 Å². The fraction of sp³-hybridized carbons (Fsp3) is 1.00. The molecule has 0 aromatic carbocycles. The number of hydrogen-bond acceptors (Lipinski definition) is 2. The lowest BCUT2D eigenvalue weighted by Gasteiger charge is -2.37. The Hall–Kier alpha value is -0.0800. The van der Waals surface area contributed by atoms with Gasteiger partial charge >= 0.3 is 0 Å². The Morgan fingerprint density at radius 1 is 1.19 bits per heavy atom. The summed E-state index contributed by atoms with van der Waals surface area (Å²) in [5.41, 5.74) is 0. The Balaban J connectivity index is 1.74. The molecule has 1 saturated heterocycles. The van der Waals surface area contributed by atoms with Crippen LogP contribution in [0.4, 0.5) is 0 Å². The maximum absolute atomic E-state index is 3.77. The summed E-state index contributed by atoms with van der Waals surface area (Å²) in [6, 6.07) is 1.58. The predicted molar refractivity (Wildman–Crippen MR) is 69.6 cm³/mol. The molecule has 0 spiro atoms. The molecule has 1 aliphatic carbocycles. The Labute approximate surface area is 101 Å². The molecule has 2 fully saturated rings. The molecule has 0 aromatic heterocycles. The molecule has 1 heterocycles. The third-order valence-corrected chi connectivity index (χ3v) is 4.37. The average molecular weight is 224 g/mol. The van der Waals surface area contributed by atoms with E-state index in [1.54, 1.807) is 0 Å². The van der Waals surface area contributed by atoms with E-state index in [4.69, 9.17) is 0 Å². The molecule has 2 aliphatic rings. The Bertz CT molecular complexity index is 203. The summed E-state index contributed by atoms with van der Waals surface area (Å²) in [6.45, 7) is 11.0. The highest BCUT2D eigenvalue weighted by Gasteiger charge is 2.28. The standard InChI is InChI=1S/C14H28N2/c1-11(2)14(16-6-4-5-7-16)10-15-13-8-12(3)9-13/h11-15H,4-10H2,1-3H3. The van der Waals surface area contributed by atoms with E-state index in [2.05, 4.69) is 31.0 Å².